The number of nitrogen functional groups attached to an aromatic ring is 1. The maximum atomic E-state index is 7.74. The van der Waals surface area contributed by atoms with E-state index >= 15 is 0 Å². The van der Waals surface area contributed by atoms with E-state index in [4.69, 9.17) is 15.9 Å². The van der Waals surface area contributed by atoms with Gasteiger partial charge in [-0.15, -0.1) is 0 Å². The van der Waals surface area contributed by atoms with Crippen molar-refractivity contribution in [3.63, 3.8) is 0 Å². The van der Waals surface area contributed by atoms with Crippen LogP contribution >= 0.6 is 0 Å². The summed E-state index contributed by atoms with van der Waals surface area (Å²) in [7, 11) is 2.12. The van der Waals surface area contributed by atoms with Crippen LogP contribution in [0.3, 0.4) is 0 Å². The van der Waals surface area contributed by atoms with Crippen molar-refractivity contribution in [2.45, 2.75) is 43.7 Å². The van der Waals surface area contributed by atoms with Gasteiger partial charge in [0.1, 0.15) is 5.84 Å². The summed E-state index contributed by atoms with van der Waals surface area (Å²) in [6, 6.07) is 8.40. The summed E-state index contributed by atoms with van der Waals surface area (Å²) < 4.78 is 6.00. The highest BCUT2D eigenvalue weighted by Crippen LogP contribution is 2.43. The predicted molar refractivity (Wildman–Crippen MR) is 81.4 cm³/mol. The number of amidine groups is 1. The Labute approximate surface area is 120 Å². The van der Waals surface area contributed by atoms with Crippen LogP contribution in [0.5, 0.6) is 0 Å². The van der Waals surface area contributed by atoms with Crippen LogP contribution < -0.4 is 10.6 Å². The number of benzene rings is 1. The minimum absolute atomic E-state index is 0.137. The number of hydrogen-bond acceptors (Lipinski definition) is 3. The zero-order valence-electron chi connectivity index (χ0n) is 12.1. The van der Waals surface area contributed by atoms with E-state index in [-0.39, 0.29) is 11.4 Å². The highest BCUT2D eigenvalue weighted by molar-refractivity contribution is 6.00. The topological polar surface area (TPSA) is 62.3 Å². The highest BCUT2D eigenvalue weighted by Gasteiger charge is 2.43. The Morgan fingerprint density at radius 1 is 1.40 bits per heavy atom. The van der Waals surface area contributed by atoms with Gasteiger partial charge in [-0.05, 0) is 44.2 Å². The average molecular weight is 273 g/mol. The average Bonchev–Trinajstić information content (AvgIpc) is 2.45. The minimum atomic E-state index is 0.137. The van der Waals surface area contributed by atoms with E-state index in [1.54, 1.807) is 0 Å². The number of nitrogens with zero attached hydrogens (tertiary/aromatic N) is 1. The van der Waals surface area contributed by atoms with Crippen molar-refractivity contribution in [1.29, 1.82) is 5.41 Å². The van der Waals surface area contributed by atoms with Gasteiger partial charge in [-0.25, -0.2) is 0 Å². The van der Waals surface area contributed by atoms with Gasteiger partial charge in [0.25, 0.3) is 0 Å². The molecule has 4 nitrogen and oxygen atoms in total. The number of rotatable bonds is 3. The summed E-state index contributed by atoms with van der Waals surface area (Å²) in [5, 5.41) is 7.74. The van der Waals surface area contributed by atoms with Crippen molar-refractivity contribution < 1.29 is 4.74 Å². The molecule has 2 fully saturated rings. The molecule has 1 saturated carbocycles. The molecule has 4 heteroatoms. The number of hydrogen-bond donors (Lipinski definition) is 2. The summed E-state index contributed by atoms with van der Waals surface area (Å²) in [6.07, 6.45) is 5.83. The lowest BCUT2D eigenvalue weighted by molar-refractivity contribution is -0.132. The van der Waals surface area contributed by atoms with E-state index in [2.05, 4.69) is 18.0 Å². The molecular weight excluding hydrogens is 250 g/mol. The van der Waals surface area contributed by atoms with E-state index in [9.17, 15) is 0 Å². The van der Waals surface area contributed by atoms with Gasteiger partial charge in [0.05, 0.1) is 5.60 Å². The molecule has 3 rings (SSSR count). The Morgan fingerprint density at radius 3 is 2.80 bits per heavy atom. The molecule has 0 aromatic heterocycles. The van der Waals surface area contributed by atoms with Gasteiger partial charge in [-0.3, -0.25) is 5.41 Å². The van der Waals surface area contributed by atoms with Crippen molar-refractivity contribution in [2.24, 2.45) is 5.73 Å². The summed E-state index contributed by atoms with van der Waals surface area (Å²) in [6.45, 7) is 0.844. The molecular formula is C16H23N3O. The van der Waals surface area contributed by atoms with Gasteiger partial charge >= 0.3 is 0 Å². The van der Waals surface area contributed by atoms with Crippen LogP contribution in [0.4, 0.5) is 5.69 Å². The fourth-order valence-corrected chi connectivity index (χ4v) is 3.46. The molecule has 1 atom stereocenters. The summed E-state index contributed by atoms with van der Waals surface area (Å²) in [5.74, 6) is 0.137. The molecule has 1 aromatic rings. The minimum Gasteiger partial charge on any atom is -0.384 e. The zero-order valence-corrected chi connectivity index (χ0v) is 12.1. The summed E-state index contributed by atoms with van der Waals surface area (Å²) in [4.78, 5) is 2.29. The third kappa shape index (κ3) is 2.29. The van der Waals surface area contributed by atoms with Gasteiger partial charge in [-0.2, -0.15) is 0 Å². The van der Waals surface area contributed by atoms with Gasteiger partial charge in [-0.1, -0.05) is 12.1 Å². The first-order valence-corrected chi connectivity index (χ1v) is 7.42. The van der Waals surface area contributed by atoms with Gasteiger partial charge in [0.2, 0.25) is 0 Å². The Balaban J connectivity index is 1.81. The Bertz CT molecular complexity index is 510. The van der Waals surface area contributed by atoms with Gasteiger partial charge in [0.15, 0.2) is 0 Å². The largest absolute Gasteiger partial charge is 0.384 e. The molecule has 1 saturated heterocycles. The second kappa shape index (κ2) is 5.09. The van der Waals surface area contributed by atoms with Crippen LogP contribution in [0, 0.1) is 5.41 Å². The van der Waals surface area contributed by atoms with Crippen LogP contribution in [-0.2, 0) is 4.74 Å². The van der Waals surface area contributed by atoms with E-state index in [0.29, 0.717) is 6.04 Å². The molecule has 0 amide bonds. The fraction of sp³-hybridized carbons (Fsp3) is 0.562. The van der Waals surface area contributed by atoms with Crippen molar-refractivity contribution in [3.8, 4) is 0 Å². The number of nitrogens with one attached hydrogen (secondary N) is 1. The first-order valence-electron chi connectivity index (χ1n) is 7.42. The molecule has 3 N–H and O–H groups in total. The lowest BCUT2D eigenvalue weighted by Crippen LogP contribution is -2.51. The first-order chi connectivity index (χ1) is 9.61. The van der Waals surface area contributed by atoms with E-state index in [0.717, 1.165) is 30.7 Å². The maximum absolute atomic E-state index is 7.74. The molecule has 1 aromatic carbocycles. The third-order valence-corrected chi connectivity index (χ3v) is 4.85. The van der Waals surface area contributed by atoms with E-state index < -0.39 is 0 Å². The molecule has 20 heavy (non-hydrogen) atoms. The van der Waals surface area contributed by atoms with Crippen LogP contribution in [0.15, 0.2) is 24.3 Å². The summed E-state index contributed by atoms with van der Waals surface area (Å²) >= 11 is 0. The molecule has 1 spiro atoms. The standard InChI is InChI=1S/C16H23N3O/c1-19(14-6-3-2-5-13(14)15(17)18)12-7-10-20-16(11-12)8-4-9-16/h2-3,5-6,12H,4,7-11H2,1H3,(H3,17,18). The lowest BCUT2D eigenvalue weighted by atomic mass is 9.73. The molecule has 2 aliphatic rings. The predicted octanol–water partition coefficient (Wildman–Crippen LogP) is 2.51. The van der Waals surface area contributed by atoms with Crippen LogP contribution in [0.2, 0.25) is 0 Å². The van der Waals surface area contributed by atoms with Gasteiger partial charge in [0, 0.05) is 30.9 Å². The highest BCUT2D eigenvalue weighted by atomic mass is 16.5. The fourth-order valence-electron chi connectivity index (χ4n) is 3.46. The number of ether oxygens (including phenoxy) is 1. The molecule has 1 aliphatic carbocycles. The molecule has 108 valence electrons. The Morgan fingerprint density at radius 2 is 2.15 bits per heavy atom. The van der Waals surface area contributed by atoms with Crippen molar-refractivity contribution in [1.82, 2.24) is 0 Å². The molecule has 1 aliphatic heterocycles. The first kappa shape index (κ1) is 13.4. The van der Waals surface area contributed by atoms with Gasteiger partial charge < -0.3 is 15.4 Å². The number of para-hydroxylation sites is 1. The second-order valence-corrected chi connectivity index (χ2v) is 6.07. The van der Waals surface area contributed by atoms with E-state index in [1.165, 1.54) is 19.3 Å². The van der Waals surface area contributed by atoms with Crippen molar-refractivity contribution in [3.05, 3.63) is 29.8 Å². The van der Waals surface area contributed by atoms with Crippen LogP contribution in [0.1, 0.15) is 37.7 Å². The maximum Gasteiger partial charge on any atom is 0.124 e. The third-order valence-electron chi connectivity index (χ3n) is 4.85. The monoisotopic (exact) mass is 273 g/mol. The number of nitrogens with two attached hydrogens (primary N) is 1. The SMILES string of the molecule is CN(c1ccccc1C(=N)N)C1CCOC2(CCC2)C1. The lowest BCUT2D eigenvalue weighted by Gasteiger charge is -2.49. The van der Waals surface area contributed by atoms with Crippen molar-refractivity contribution >= 4 is 11.5 Å². The summed E-state index contributed by atoms with van der Waals surface area (Å²) in [5.41, 5.74) is 7.73. The smallest absolute Gasteiger partial charge is 0.124 e. The molecule has 0 radical (unpaired) electrons. The van der Waals surface area contributed by atoms with E-state index in [1.807, 2.05) is 18.2 Å². The number of anilines is 1. The molecule has 1 unspecified atom stereocenters. The zero-order chi connectivity index (χ0) is 14.2. The Kier molecular flexibility index (Phi) is 3.42. The Hall–Kier alpha value is -1.55. The van der Waals surface area contributed by atoms with Crippen LogP contribution in [0.25, 0.3) is 0 Å². The van der Waals surface area contributed by atoms with Crippen molar-refractivity contribution in [2.75, 3.05) is 18.6 Å². The molecule has 1 heterocycles. The second-order valence-electron chi connectivity index (χ2n) is 6.07. The molecule has 0 bridgehead atoms. The van der Waals surface area contributed by atoms with Crippen LogP contribution in [-0.4, -0.2) is 31.1 Å². The quantitative estimate of drug-likeness (QED) is 0.657. The normalized spacial score (nSPS) is 24.1.